The van der Waals surface area contributed by atoms with Gasteiger partial charge in [0.25, 0.3) is 0 Å². The summed E-state index contributed by atoms with van der Waals surface area (Å²) in [6, 6.07) is 9.27. The topological polar surface area (TPSA) is 114 Å². The van der Waals surface area contributed by atoms with E-state index in [2.05, 4.69) is 10.6 Å². The molecule has 0 heterocycles. The average Bonchev–Trinajstić information content (AvgIpc) is 2.64. The third-order valence-corrected chi connectivity index (χ3v) is 4.95. The number of hydrogen-bond donors (Lipinski definition) is 3. The van der Waals surface area contributed by atoms with Gasteiger partial charge in [0.05, 0.1) is 12.0 Å². The smallest absolute Gasteiger partial charge is 0.407 e. The minimum absolute atomic E-state index is 0.0278. The molecule has 8 heteroatoms. The molecule has 0 bridgehead atoms. The second-order valence-electron chi connectivity index (χ2n) is 8.88. The van der Waals surface area contributed by atoms with Crippen molar-refractivity contribution in [3.63, 3.8) is 0 Å². The molecule has 8 nitrogen and oxygen atoms in total. The number of carbonyl (C=O) groups excluding carboxylic acids is 2. The van der Waals surface area contributed by atoms with Crippen LogP contribution >= 0.6 is 0 Å². The number of carbonyl (C=O) groups is 3. The van der Waals surface area contributed by atoms with Gasteiger partial charge in [0, 0.05) is 6.54 Å². The highest BCUT2D eigenvalue weighted by Gasteiger charge is 2.40. The van der Waals surface area contributed by atoms with Crippen LogP contribution < -0.4 is 10.6 Å². The van der Waals surface area contributed by atoms with Crippen molar-refractivity contribution in [1.29, 1.82) is 0 Å². The zero-order valence-electron chi connectivity index (χ0n) is 17.9. The molecule has 0 aliphatic heterocycles. The molecule has 1 aromatic rings. The average molecular weight is 421 g/mol. The van der Waals surface area contributed by atoms with Gasteiger partial charge in [-0.25, -0.2) is 9.59 Å². The number of aliphatic carboxylic acids is 1. The van der Waals surface area contributed by atoms with E-state index in [4.69, 9.17) is 9.47 Å². The Bertz CT molecular complexity index is 731. The van der Waals surface area contributed by atoms with E-state index in [9.17, 15) is 19.5 Å². The zero-order chi connectivity index (χ0) is 22.2. The van der Waals surface area contributed by atoms with Gasteiger partial charge in [0.1, 0.15) is 12.2 Å². The van der Waals surface area contributed by atoms with Gasteiger partial charge in [-0.15, -0.1) is 0 Å². The number of amides is 2. The lowest BCUT2D eigenvalue weighted by atomic mass is 9.74. The minimum Gasteiger partial charge on any atom is -0.481 e. The molecule has 1 saturated carbocycles. The second-order valence-corrected chi connectivity index (χ2v) is 8.88. The summed E-state index contributed by atoms with van der Waals surface area (Å²) in [5.41, 5.74) is -0.644. The van der Waals surface area contributed by atoms with Gasteiger partial charge in [-0.3, -0.25) is 4.79 Å². The van der Waals surface area contributed by atoms with Crippen molar-refractivity contribution in [2.45, 2.75) is 70.6 Å². The lowest BCUT2D eigenvalue weighted by molar-refractivity contribution is -0.139. The minimum atomic E-state index is -0.987. The van der Waals surface area contributed by atoms with Crippen LogP contribution in [0, 0.1) is 5.92 Å². The first-order valence-electron chi connectivity index (χ1n) is 10.2. The molecule has 1 aliphatic rings. The van der Waals surface area contributed by atoms with Gasteiger partial charge in [0.15, 0.2) is 0 Å². The predicted molar refractivity (Wildman–Crippen MR) is 111 cm³/mol. The Morgan fingerprint density at radius 3 is 2.50 bits per heavy atom. The lowest BCUT2D eigenvalue weighted by Gasteiger charge is -2.40. The van der Waals surface area contributed by atoms with Crippen molar-refractivity contribution < 1.29 is 29.0 Å². The first-order chi connectivity index (χ1) is 14.1. The molecule has 3 N–H and O–H groups in total. The Morgan fingerprint density at radius 2 is 1.87 bits per heavy atom. The normalized spacial score (nSPS) is 21.4. The molecule has 1 aliphatic carbocycles. The summed E-state index contributed by atoms with van der Waals surface area (Å²) >= 11 is 0. The van der Waals surface area contributed by atoms with E-state index in [1.165, 1.54) is 0 Å². The van der Waals surface area contributed by atoms with Crippen LogP contribution in [0.2, 0.25) is 0 Å². The largest absolute Gasteiger partial charge is 0.481 e. The first kappa shape index (κ1) is 23.5. The van der Waals surface area contributed by atoms with Crippen LogP contribution in [0.25, 0.3) is 0 Å². The Labute approximate surface area is 177 Å². The summed E-state index contributed by atoms with van der Waals surface area (Å²) < 4.78 is 10.5. The van der Waals surface area contributed by atoms with Crippen molar-refractivity contribution in [3.8, 4) is 0 Å². The van der Waals surface area contributed by atoms with Crippen molar-refractivity contribution in [3.05, 3.63) is 35.9 Å². The number of carboxylic acids is 1. The summed E-state index contributed by atoms with van der Waals surface area (Å²) in [7, 11) is 0. The molecular weight excluding hydrogens is 388 g/mol. The van der Waals surface area contributed by atoms with Crippen molar-refractivity contribution in [1.82, 2.24) is 10.6 Å². The molecule has 1 fully saturated rings. The fraction of sp³-hybridized carbons (Fsp3) is 0.591. The van der Waals surface area contributed by atoms with Gasteiger partial charge in [-0.05, 0) is 51.5 Å². The maximum Gasteiger partial charge on any atom is 0.407 e. The molecule has 0 spiro atoms. The second kappa shape index (κ2) is 10.3. The molecule has 166 valence electrons. The van der Waals surface area contributed by atoms with E-state index >= 15 is 0 Å². The predicted octanol–water partition coefficient (Wildman–Crippen LogP) is 3.84. The standard InChI is InChI=1S/C22H32N2O6/c1-21(2,3)30-19(27)23-14-17-10-7-11-22(12-17,13-18(25)26)24-20(28)29-15-16-8-5-4-6-9-16/h4-6,8-9,17H,7,10-15H2,1-3H3,(H,23,27)(H,24,28)(H,25,26). The molecule has 0 saturated heterocycles. The number of hydrogen-bond acceptors (Lipinski definition) is 5. The Hall–Kier alpha value is -2.77. The first-order valence-corrected chi connectivity index (χ1v) is 10.2. The van der Waals surface area contributed by atoms with E-state index < -0.39 is 29.3 Å². The SMILES string of the molecule is CC(C)(C)OC(=O)NCC1CCCC(CC(=O)O)(NC(=O)OCc2ccccc2)C1. The van der Waals surface area contributed by atoms with Gasteiger partial charge in [0.2, 0.25) is 0 Å². The lowest BCUT2D eigenvalue weighted by Crippen LogP contribution is -2.54. The number of rotatable bonds is 7. The van der Waals surface area contributed by atoms with E-state index in [-0.39, 0.29) is 18.9 Å². The summed E-state index contributed by atoms with van der Waals surface area (Å²) in [5, 5.41) is 15.0. The molecule has 1 aromatic carbocycles. The van der Waals surface area contributed by atoms with Gasteiger partial charge in [-0.2, -0.15) is 0 Å². The van der Waals surface area contributed by atoms with E-state index in [1.807, 2.05) is 30.3 Å². The van der Waals surface area contributed by atoms with Gasteiger partial charge < -0.3 is 25.2 Å². The molecule has 30 heavy (non-hydrogen) atoms. The van der Waals surface area contributed by atoms with Crippen LogP contribution in [-0.2, 0) is 20.9 Å². The van der Waals surface area contributed by atoms with Crippen molar-refractivity contribution in [2.24, 2.45) is 5.92 Å². The molecule has 2 atom stereocenters. The van der Waals surface area contributed by atoms with Gasteiger partial charge in [-0.1, -0.05) is 36.8 Å². The Kier molecular flexibility index (Phi) is 8.08. The van der Waals surface area contributed by atoms with Crippen LogP contribution in [0.1, 0.15) is 58.4 Å². The fourth-order valence-corrected chi connectivity index (χ4v) is 3.79. The van der Waals surface area contributed by atoms with Gasteiger partial charge >= 0.3 is 18.2 Å². The van der Waals surface area contributed by atoms with Crippen LogP contribution in [0.15, 0.2) is 30.3 Å². The van der Waals surface area contributed by atoms with Crippen LogP contribution in [0.3, 0.4) is 0 Å². The Balaban J connectivity index is 1.94. The molecular formula is C22H32N2O6. The highest BCUT2D eigenvalue weighted by Crippen LogP contribution is 2.35. The monoisotopic (exact) mass is 420 g/mol. The number of nitrogens with one attached hydrogen (secondary N) is 2. The summed E-state index contributed by atoms with van der Waals surface area (Å²) in [6.45, 7) is 5.83. The number of ether oxygens (including phenoxy) is 2. The summed E-state index contributed by atoms with van der Waals surface area (Å²) in [6.07, 6.45) is 1.22. The van der Waals surface area contributed by atoms with E-state index in [0.717, 1.165) is 18.4 Å². The highest BCUT2D eigenvalue weighted by molar-refractivity contribution is 5.73. The maximum absolute atomic E-state index is 12.4. The summed E-state index contributed by atoms with van der Waals surface area (Å²) in [5.74, 6) is -0.959. The quantitative estimate of drug-likeness (QED) is 0.617. The molecule has 0 aromatic heterocycles. The Morgan fingerprint density at radius 1 is 1.17 bits per heavy atom. The van der Waals surface area contributed by atoms with E-state index in [1.54, 1.807) is 20.8 Å². The van der Waals surface area contributed by atoms with Crippen LogP contribution in [0.4, 0.5) is 9.59 Å². The molecule has 2 unspecified atom stereocenters. The van der Waals surface area contributed by atoms with Crippen molar-refractivity contribution in [2.75, 3.05) is 6.54 Å². The number of benzene rings is 1. The number of alkyl carbamates (subject to hydrolysis) is 2. The molecule has 2 amide bonds. The highest BCUT2D eigenvalue weighted by atomic mass is 16.6. The molecule has 0 radical (unpaired) electrons. The maximum atomic E-state index is 12.4. The van der Waals surface area contributed by atoms with Crippen LogP contribution in [-0.4, -0.2) is 40.9 Å². The molecule has 2 rings (SSSR count). The fourth-order valence-electron chi connectivity index (χ4n) is 3.79. The van der Waals surface area contributed by atoms with Crippen LogP contribution in [0.5, 0.6) is 0 Å². The third kappa shape index (κ3) is 8.31. The third-order valence-electron chi connectivity index (χ3n) is 4.95. The van der Waals surface area contributed by atoms with E-state index in [0.29, 0.717) is 19.4 Å². The summed E-state index contributed by atoms with van der Waals surface area (Å²) in [4.78, 5) is 35.8. The zero-order valence-corrected chi connectivity index (χ0v) is 17.9. The number of carboxylic acid groups (broad SMARTS) is 1. The van der Waals surface area contributed by atoms with Crippen molar-refractivity contribution >= 4 is 18.2 Å².